The molecule has 0 aliphatic rings. The van der Waals surface area contributed by atoms with Gasteiger partial charge in [-0.1, -0.05) is 134 Å². The summed E-state index contributed by atoms with van der Waals surface area (Å²) in [6.45, 7) is 2.97. The Balaban J connectivity index is 0.000000674. The van der Waals surface area contributed by atoms with Gasteiger partial charge in [-0.05, 0) is 42.3 Å². The molecule has 35 heavy (non-hydrogen) atoms. The maximum Gasteiger partial charge on any atom is 0.259 e. The van der Waals surface area contributed by atoms with Crippen LogP contribution in [0.4, 0.5) is 0 Å². The number of nitrogens with two attached hydrogens (primary N) is 2. The van der Waals surface area contributed by atoms with Gasteiger partial charge in [-0.3, -0.25) is 0 Å². The number of hydrogen-bond acceptors (Lipinski definition) is 4. The van der Waals surface area contributed by atoms with E-state index >= 15 is 0 Å². The van der Waals surface area contributed by atoms with Gasteiger partial charge < -0.3 is 20.9 Å². The number of benzene rings is 2. The number of fused-ring (bicyclic) bond motifs is 1. The first kappa shape index (κ1) is 33.1. The lowest BCUT2D eigenvalue weighted by Gasteiger charge is -2.06. The highest BCUT2D eigenvalue weighted by molar-refractivity contribution is 7.80. The molecule has 0 saturated heterocycles. The molecule has 0 atom stereocenters. The fourth-order valence-corrected chi connectivity index (χ4v) is 4.04. The molecule has 0 radical (unpaired) electrons. The van der Waals surface area contributed by atoms with E-state index in [0.717, 1.165) is 17.2 Å². The van der Waals surface area contributed by atoms with E-state index in [1.807, 2.05) is 42.5 Å². The molecule has 6 heteroatoms. The number of rotatable bonds is 16. The van der Waals surface area contributed by atoms with Crippen LogP contribution < -0.4 is 16.2 Å². The Morgan fingerprint density at radius 1 is 0.657 bits per heavy atom. The number of ether oxygens (including phenoxy) is 2. The molecule has 0 unspecified atom stereocenters. The maximum atomic E-state index is 5.32. The Kier molecular flexibility index (Phi) is 21.3. The predicted octanol–water partition coefficient (Wildman–Crippen LogP) is 8.83. The van der Waals surface area contributed by atoms with E-state index in [-0.39, 0.29) is 17.8 Å². The predicted molar refractivity (Wildman–Crippen MR) is 161 cm³/mol. The van der Waals surface area contributed by atoms with E-state index in [1.54, 1.807) is 0 Å². The first-order valence-electron chi connectivity index (χ1n) is 12.9. The van der Waals surface area contributed by atoms with Gasteiger partial charge in [0, 0.05) is 5.39 Å². The van der Waals surface area contributed by atoms with Crippen LogP contribution in [0.5, 0.6) is 5.75 Å². The summed E-state index contributed by atoms with van der Waals surface area (Å²) in [6, 6.07) is 13.7. The lowest BCUT2D eigenvalue weighted by Crippen LogP contribution is -2.15. The van der Waals surface area contributed by atoms with Gasteiger partial charge in [0.15, 0.2) is 0 Å². The minimum Gasteiger partial charge on any atom is -0.471 e. The average molecular weight is 521 g/mol. The van der Waals surface area contributed by atoms with Crippen molar-refractivity contribution < 1.29 is 9.47 Å². The summed E-state index contributed by atoms with van der Waals surface area (Å²) in [6.07, 6.45) is 19.2. The van der Waals surface area contributed by atoms with E-state index in [1.165, 1.54) is 83.5 Å². The SMILES string of the molecule is C.CCCCCCCCCCCCCCCCOC(N)=S.NC(=S)Oc1cccc2ccccc12. The molecule has 0 bridgehead atoms. The van der Waals surface area contributed by atoms with Crippen LogP contribution in [0.1, 0.15) is 104 Å². The minimum absolute atomic E-state index is 0. The summed E-state index contributed by atoms with van der Waals surface area (Å²) in [7, 11) is 0. The first-order valence-corrected chi connectivity index (χ1v) is 13.7. The molecule has 0 amide bonds. The highest BCUT2D eigenvalue weighted by Crippen LogP contribution is 2.24. The van der Waals surface area contributed by atoms with Crippen molar-refractivity contribution in [2.45, 2.75) is 104 Å². The molecule has 4 nitrogen and oxygen atoms in total. The largest absolute Gasteiger partial charge is 0.471 e. The summed E-state index contributed by atoms with van der Waals surface area (Å²) in [5, 5.41) is 2.35. The number of hydrogen-bond donors (Lipinski definition) is 2. The van der Waals surface area contributed by atoms with Crippen molar-refractivity contribution in [1.29, 1.82) is 0 Å². The molecule has 2 aromatic rings. The van der Waals surface area contributed by atoms with Crippen molar-refractivity contribution in [2.75, 3.05) is 6.61 Å². The second-order valence-electron chi connectivity index (χ2n) is 8.66. The van der Waals surface area contributed by atoms with Gasteiger partial charge in [0.05, 0.1) is 6.61 Å². The maximum absolute atomic E-state index is 5.32. The summed E-state index contributed by atoms with van der Waals surface area (Å²) in [5.74, 6) is 0.704. The van der Waals surface area contributed by atoms with E-state index < -0.39 is 0 Å². The van der Waals surface area contributed by atoms with E-state index in [0.29, 0.717) is 12.4 Å². The highest BCUT2D eigenvalue weighted by atomic mass is 32.1. The standard InChI is InChI=1S/C17H35NOS.C11H9NOS.CH4/c1-2-3-4-5-6-7-8-9-10-11-12-13-14-15-16-19-17(18)20;12-11(14)13-10-7-3-5-8-4-1-2-6-9(8)10;/h2-16H2,1H3,(H2,18,20);1-7H,(H2,12,14);1H4. The van der Waals surface area contributed by atoms with Crippen molar-refractivity contribution >= 4 is 45.6 Å². The fraction of sp³-hybridized carbons (Fsp3) is 0.586. The molecular weight excluding hydrogens is 472 g/mol. The zero-order chi connectivity index (χ0) is 24.9. The molecule has 0 spiro atoms. The van der Waals surface area contributed by atoms with Crippen LogP contribution in [-0.4, -0.2) is 17.0 Å². The summed E-state index contributed by atoms with van der Waals surface area (Å²) < 4.78 is 10.3. The first-order chi connectivity index (χ1) is 16.5. The summed E-state index contributed by atoms with van der Waals surface area (Å²) in [5.41, 5.74) is 10.6. The number of unbranched alkanes of at least 4 members (excludes halogenated alkanes) is 13. The third kappa shape index (κ3) is 18.1. The third-order valence-electron chi connectivity index (χ3n) is 5.70. The summed E-state index contributed by atoms with van der Waals surface area (Å²) in [4.78, 5) is 0. The number of thiocarbonyl (C=S) groups is 2. The second kappa shape index (κ2) is 22.5. The Hall–Kier alpha value is -1.92. The van der Waals surface area contributed by atoms with Crippen molar-refractivity contribution in [1.82, 2.24) is 0 Å². The van der Waals surface area contributed by atoms with Gasteiger partial charge in [-0.25, -0.2) is 0 Å². The molecule has 198 valence electrons. The van der Waals surface area contributed by atoms with Gasteiger partial charge >= 0.3 is 0 Å². The van der Waals surface area contributed by atoms with Crippen LogP contribution in [0.2, 0.25) is 0 Å². The highest BCUT2D eigenvalue weighted by Gasteiger charge is 2.01. The van der Waals surface area contributed by atoms with Crippen molar-refractivity contribution in [3.05, 3.63) is 42.5 Å². The molecule has 0 fully saturated rings. The molecule has 0 aliphatic carbocycles. The summed E-state index contributed by atoms with van der Waals surface area (Å²) >= 11 is 9.35. The molecule has 4 N–H and O–H groups in total. The Labute approximate surface area is 225 Å². The monoisotopic (exact) mass is 520 g/mol. The van der Waals surface area contributed by atoms with Gasteiger partial charge in [0.25, 0.3) is 10.3 Å². The van der Waals surface area contributed by atoms with Crippen molar-refractivity contribution in [2.24, 2.45) is 11.5 Å². The zero-order valence-electron chi connectivity index (χ0n) is 20.9. The van der Waals surface area contributed by atoms with Gasteiger partial charge in [0.1, 0.15) is 5.75 Å². The van der Waals surface area contributed by atoms with E-state index in [9.17, 15) is 0 Å². The molecule has 0 aromatic heterocycles. The minimum atomic E-state index is 0. The third-order valence-corrected chi connectivity index (χ3v) is 5.90. The van der Waals surface area contributed by atoms with Crippen LogP contribution in [0.25, 0.3) is 10.8 Å². The Bertz CT molecular complexity index is 809. The van der Waals surface area contributed by atoms with Crippen LogP contribution in [0.3, 0.4) is 0 Å². The molecular formula is C29H48N2O2S2. The molecule has 0 saturated carbocycles. The molecule has 2 aromatic carbocycles. The van der Waals surface area contributed by atoms with Gasteiger partial charge in [-0.2, -0.15) is 0 Å². The quantitative estimate of drug-likeness (QED) is 0.170. The van der Waals surface area contributed by atoms with Crippen molar-refractivity contribution in [3.8, 4) is 5.75 Å². The smallest absolute Gasteiger partial charge is 0.259 e. The Morgan fingerprint density at radius 2 is 1.14 bits per heavy atom. The molecule has 0 aliphatic heterocycles. The van der Waals surface area contributed by atoms with Crippen LogP contribution in [0.15, 0.2) is 42.5 Å². The lowest BCUT2D eigenvalue weighted by molar-refractivity contribution is 0.295. The van der Waals surface area contributed by atoms with Crippen LogP contribution in [-0.2, 0) is 4.74 Å². The zero-order valence-corrected chi connectivity index (χ0v) is 22.6. The molecule has 0 heterocycles. The fourth-order valence-electron chi connectivity index (χ4n) is 3.86. The topological polar surface area (TPSA) is 70.5 Å². The van der Waals surface area contributed by atoms with Crippen molar-refractivity contribution in [3.63, 3.8) is 0 Å². The van der Waals surface area contributed by atoms with E-state index in [2.05, 4.69) is 19.1 Å². The normalized spacial score (nSPS) is 10.1. The Morgan fingerprint density at radius 3 is 1.66 bits per heavy atom. The second-order valence-corrected chi connectivity index (χ2v) is 9.47. The van der Waals surface area contributed by atoms with Gasteiger partial charge in [0.2, 0.25) is 0 Å². The van der Waals surface area contributed by atoms with Crippen LogP contribution in [0, 0.1) is 0 Å². The average Bonchev–Trinajstić information content (AvgIpc) is 2.82. The van der Waals surface area contributed by atoms with E-state index in [4.69, 9.17) is 33.2 Å². The molecule has 2 rings (SSSR count). The van der Waals surface area contributed by atoms with Gasteiger partial charge in [-0.15, -0.1) is 0 Å². The lowest BCUT2D eigenvalue weighted by atomic mass is 10.0. The van der Waals surface area contributed by atoms with Crippen LogP contribution >= 0.6 is 24.4 Å².